The molecule has 1 aromatic heterocycles. The molecule has 0 aliphatic rings. The molecule has 0 saturated carbocycles. The fourth-order valence-corrected chi connectivity index (χ4v) is 2.63. The molecule has 3 aromatic rings. The van der Waals surface area contributed by atoms with Gasteiger partial charge < -0.3 is 15.7 Å². The van der Waals surface area contributed by atoms with Crippen LogP contribution in [0, 0.1) is 6.92 Å². The second kappa shape index (κ2) is 7.59. The predicted molar refractivity (Wildman–Crippen MR) is 103 cm³/mol. The molecule has 3 rings (SSSR count). The molecular formula is C18H14Cl2N4O2. The molecular weight excluding hydrogens is 375 g/mol. The van der Waals surface area contributed by atoms with Crippen molar-refractivity contribution in [2.45, 2.75) is 6.92 Å². The number of carbonyl (C=O) groups is 1. The number of hydrogen-bond acceptors (Lipinski definition) is 5. The summed E-state index contributed by atoms with van der Waals surface area (Å²) in [6.45, 7) is 1.82. The van der Waals surface area contributed by atoms with E-state index in [0.29, 0.717) is 33.2 Å². The van der Waals surface area contributed by atoms with Crippen LogP contribution >= 0.6 is 23.2 Å². The van der Waals surface area contributed by atoms with Crippen molar-refractivity contribution in [1.82, 2.24) is 9.97 Å². The van der Waals surface area contributed by atoms with Crippen LogP contribution in [0.2, 0.25) is 10.0 Å². The smallest absolute Gasteiger partial charge is 0.335 e. The van der Waals surface area contributed by atoms with E-state index in [0.717, 1.165) is 5.69 Å². The maximum absolute atomic E-state index is 11.1. The number of aryl methyl sites for hydroxylation is 1. The van der Waals surface area contributed by atoms with E-state index in [9.17, 15) is 4.79 Å². The number of halogens is 2. The van der Waals surface area contributed by atoms with Crippen LogP contribution in [-0.4, -0.2) is 21.0 Å². The summed E-state index contributed by atoms with van der Waals surface area (Å²) in [6, 6.07) is 13.4. The van der Waals surface area contributed by atoms with Gasteiger partial charge in [-0.2, -0.15) is 4.98 Å². The van der Waals surface area contributed by atoms with Crippen molar-refractivity contribution in [2.75, 3.05) is 10.6 Å². The molecule has 1 heterocycles. The van der Waals surface area contributed by atoms with E-state index in [1.807, 2.05) is 6.92 Å². The zero-order chi connectivity index (χ0) is 18.7. The normalized spacial score (nSPS) is 10.4. The number of carboxylic acids is 1. The lowest BCUT2D eigenvalue weighted by Crippen LogP contribution is -2.03. The predicted octanol–water partition coefficient (Wildman–Crippen LogP) is 5.28. The van der Waals surface area contributed by atoms with Gasteiger partial charge in [-0.1, -0.05) is 35.3 Å². The number of hydrogen-bond donors (Lipinski definition) is 3. The highest BCUT2D eigenvalue weighted by molar-refractivity contribution is 6.43. The number of nitrogens with zero attached hydrogens (tertiary/aromatic N) is 2. The second-order valence-corrected chi connectivity index (χ2v) is 6.24. The zero-order valence-electron chi connectivity index (χ0n) is 13.6. The van der Waals surface area contributed by atoms with Crippen molar-refractivity contribution in [3.05, 3.63) is 69.8 Å². The van der Waals surface area contributed by atoms with Crippen LogP contribution in [0.25, 0.3) is 0 Å². The van der Waals surface area contributed by atoms with Gasteiger partial charge in [-0.3, -0.25) is 0 Å². The van der Waals surface area contributed by atoms with E-state index in [1.165, 1.54) is 12.1 Å². The van der Waals surface area contributed by atoms with E-state index < -0.39 is 5.97 Å². The number of carboxylic acid groups (broad SMARTS) is 1. The first-order chi connectivity index (χ1) is 12.4. The topological polar surface area (TPSA) is 87.1 Å². The summed E-state index contributed by atoms with van der Waals surface area (Å²) in [6.07, 6.45) is 0. The van der Waals surface area contributed by atoms with E-state index in [2.05, 4.69) is 20.6 Å². The van der Waals surface area contributed by atoms with Crippen LogP contribution in [0.5, 0.6) is 0 Å². The maximum Gasteiger partial charge on any atom is 0.335 e. The standard InChI is InChI=1S/C18H14Cl2N4O2/c1-10-8-15(22-12-5-2-4-11(9-12)17(25)26)24-18(21-10)23-14-7-3-6-13(19)16(14)20/h2-9H,1H3,(H,25,26)(H2,21,22,23,24). The third-order valence-corrected chi connectivity index (χ3v) is 4.25. The molecule has 0 bridgehead atoms. The molecule has 0 radical (unpaired) electrons. The fraction of sp³-hybridized carbons (Fsp3) is 0.0556. The summed E-state index contributed by atoms with van der Waals surface area (Å²) in [4.78, 5) is 19.8. The molecule has 132 valence electrons. The molecule has 0 fully saturated rings. The Morgan fingerprint density at radius 1 is 1.04 bits per heavy atom. The molecule has 0 unspecified atom stereocenters. The summed E-state index contributed by atoms with van der Waals surface area (Å²) in [5, 5.41) is 16.0. The highest BCUT2D eigenvalue weighted by Crippen LogP contribution is 2.31. The number of nitrogens with one attached hydrogen (secondary N) is 2. The SMILES string of the molecule is Cc1cc(Nc2cccc(C(=O)O)c2)nc(Nc2cccc(Cl)c2Cl)n1. The molecule has 3 N–H and O–H groups in total. The van der Waals surface area contributed by atoms with E-state index in [1.54, 1.807) is 36.4 Å². The molecule has 0 saturated heterocycles. The van der Waals surface area contributed by atoms with Gasteiger partial charge in [0.25, 0.3) is 0 Å². The Kier molecular flexibility index (Phi) is 5.25. The van der Waals surface area contributed by atoms with E-state index in [-0.39, 0.29) is 5.56 Å². The minimum Gasteiger partial charge on any atom is -0.478 e. The Hall–Kier alpha value is -2.83. The van der Waals surface area contributed by atoms with Crippen molar-refractivity contribution < 1.29 is 9.90 Å². The summed E-state index contributed by atoms with van der Waals surface area (Å²) < 4.78 is 0. The van der Waals surface area contributed by atoms with Crippen LogP contribution in [0.1, 0.15) is 16.1 Å². The number of aromatic nitrogens is 2. The summed E-state index contributed by atoms with van der Waals surface area (Å²) >= 11 is 12.2. The molecule has 0 spiro atoms. The van der Waals surface area contributed by atoms with Crippen LogP contribution in [-0.2, 0) is 0 Å². The molecule has 6 nitrogen and oxygen atoms in total. The average molecular weight is 389 g/mol. The molecule has 26 heavy (non-hydrogen) atoms. The quantitative estimate of drug-likeness (QED) is 0.551. The number of benzene rings is 2. The number of anilines is 4. The van der Waals surface area contributed by atoms with E-state index >= 15 is 0 Å². The van der Waals surface area contributed by atoms with Gasteiger partial charge in [0.05, 0.1) is 21.3 Å². The number of rotatable bonds is 5. The lowest BCUT2D eigenvalue weighted by atomic mass is 10.2. The molecule has 0 aliphatic carbocycles. The summed E-state index contributed by atoms with van der Waals surface area (Å²) in [5.74, 6) is -0.141. The molecule has 0 aliphatic heterocycles. The van der Waals surface area contributed by atoms with Crippen molar-refractivity contribution in [3.63, 3.8) is 0 Å². The van der Waals surface area contributed by atoms with Crippen molar-refractivity contribution >= 4 is 52.3 Å². The van der Waals surface area contributed by atoms with Crippen LogP contribution < -0.4 is 10.6 Å². The second-order valence-electron chi connectivity index (χ2n) is 5.46. The van der Waals surface area contributed by atoms with Gasteiger partial charge in [0.2, 0.25) is 5.95 Å². The van der Waals surface area contributed by atoms with Gasteiger partial charge in [0.15, 0.2) is 0 Å². The van der Waals surface area contributed by atoms with Gasteiger partial charge in [0, 0.05) is 17.4 Å². The van der Waals surface area contributed by atoms with Crippen molar-refractivity contribution in [1.29, 1.82) is 0 Å². The van der Waals surface area contributed by atoms with Crippen LogP contribution in [0.15, 0.2) is 48.5 Å². The Labute approximate surface area is 159 Å². The van der Waals surface area contributed by atoms with Crippen molar-refractivity contribution in [2.24, 2.45) is 0 Å². The van der Waals surface area contributed by atoms with E-state index in [4.69, 9.17) is 28.3 Å². The minimum atomic E-state index is -0.995. The minimum absolute atomic E-state index is 0.185. The lowest BCUT2D eigenvalue weighted by molar-refractivity contribution is 0.0697. The highest BCUT2D eigenvalue weighted by atomic mass is 35.5. The number of aromatic carboxylic acids is 1. The zero-order valence-corrected chi connectivity index (χ0v) is 15.1. The van der Waals surface area contributed by atoms with Gasteiger partial charge in [-0.15, -0.1) is 0 Å². The first-order valence-corrected chi connectivity index (χ1v) is 8.35. The lowest BCUT2D eigenvalue weighted by Gasteiger charge is -2.11. The Bertz CT molecular complexity index is 979. The van der Waals surface area contributed by atoms with Crippen LogP contribution in [0.4, 0.5) is 23.1 Å². The van der Waals surface area contributed by atoms with Gasteiger partial charge in [-0.05, 0) is 37.3 Å². The summed E-state index contributed by atoms with van der Waals surface area (Å²) in [7, 11) is 0. The Morgan fingerprint density at radius 3 is 2.58 bits per heavy atom. The Balaban J connectivity index is 1.87. The fourth-order valence-electron chi connectivity index (χ4n) is 2.29. The third-order valence-electron chi connectivity index (χ3n) is 3.43. The van der Waals surface area contributed by atoms with Crippen LogP contribution in [0.3, 0.4) is 0 Å². The molecule has 8 heteroatoms. The van der Waals surface area contributed by atoms with Crippen molar-refractivity contribution in [3.8, 4) is 0 Å². The van der Waals surface area contributed by atoms with Gasteiger partial charge in [0.1, 0.15) is 5.82 Å². The first-order valence-electron chi connectivity index (χ1n) is 7.59. The van der Waals surface area contributed by atoms with Gasteiger partial charge >= 0.3 is 5.97 Å². The monoisotopic (exact) mass is 388 g/mol. The largest absolute Gasteiger partial charge is 0.478 e. The summed E-state index contributed by atoms with van der Waals surface area (Å²) in [5.41, 5.74) is 2.10. The first kappa shape index (κ1) is 18.0. The Morgan fingerprint density at radius 2 is 1.81 bits per heavy atom. The third kappa shape index (κ3) is 4.22. The molecule has 2 aromatic carbocycles. The maximum atomic E-state index is 11.1. The highest BCUT2D eigenvalue weighted by Gasteiger charge is 2.09. The molecule has 0 atom stereocenters. The average Bonchev–Trinajstić information content (AvgIpc) is 2.59. The molecule has 0 amide bonds. The van der Waals surface area contributed by atoms with Gasteiger partial charge in [-0.25, -0.2) is 9.78 Å².